The average Bonchev–Trinajstić information content (AvgIpc) is 2.54. The summed E-state index contributed by atoms with van der Waals surface area (Å²) in [6.45, 7) is 3.58. The van der Waals surface area contributed by atoms with Gasteiger partial charge in [0.05, 0.1) is 25.9 Å². The summed E-state index contributed by atoms with van der Waals surface area (Å²) < 4.78 is 39.0. The summed E-state index contributed by atoms with van der Waals surface area (Å²) in [5.41, 5.74) is -0.371. The van der Waals surface area contributed by atoms with Crippen molar-refractivity contribution in [3.05, 3.63) is 29.8 Å². The molecule has 1 aliphatic heterocycles. The van der Waals surface area contributed by atoms with Crippen LogP contribution in [0.15, 0.2) is 24.3 Å². The van der Waals surface area contributed by atoms with Crippen molar-refractivity contribution < 1.29 is 23.0 Å². The Kier molecular flexibility index (Phi) is 5.54. The summed E-state index contributed by atoms with van der Waals surface area (Å²) in [5.74, 6) is -4.48. The van der Waals surface area contributed by atoms with Gasteiger partial charge in [0, 0.05) is 18.7 Å². The lowest BCUT2D eigenvalue weighted by molar-refractivity contribution is -0.149. The number of methoxy groups -OCH3 is 1. The Morgan fingerprint density at radius 1 is 1.43 bits per heavy atom. The zero-order valence-corrected chi connectivity index (χ0v) is 13.5. The fourth-order valence-corrected chi connectivity index (χ4v) is 2.44. The molecular formula is C16H22F2N2O3. The summed E-state index contributed by atoms with van der Waals surface area (Å²) >= 11 is 0. The van der Waals surface area contributed by atoms with E-state index in [0.717, 1.165) is 6.54 Å². The van der Waals surface area contributed by atoms with E-state index >= 15 is 0 Å². The molecule has 0 radical (unpaired) electrons. The van der Waals surface area contributed by atoms with Gasteiger partial charge < -0.3 is 19.7 Å². The minimum absolute atomic E-state index is 0.302. The number of halogens is 2. The lowest BCUT2D eigenvalue weighted by atomic mass is 10.1. The standard InChI is InChI=1S/C16H22F2N2O3/c1-11(14-10-20(2)8-9-23-14)19-15(21)16(17,18)12-4-6-13(22-3)7-5-12/h4-7,11,14H,8-10H2,1-3H3,(H,19,21)/t11-,14+/m0/s1. The molecule has 23 heavy (non-hydrogen) atoms. The van der Waals surface area contributed by atoms with Gasteiger partial charge in [0.15, 0.2) is 0 Å². The van der Waals surface area contributed by atoms with Crippen molar-refractivity contribution in [2.24, 2.45) is 0 Å². The van der Waals surface area contributed by atoms with Crippen LogP contribution < -0.4 is 10.1 Å². The van der Waals surface area contributed by atoms with Crippen molar-refractivity contribution in [2.45, 2.75) is 25.0 Å². The molecule has 0 spiro atoms. The number of benzene rings is 1. The number of hydrogen-bond donors (Lipinski definition) is 1. The van der Waals surface area contributed by atoms with Gasteiger partial charge in [-0.2, -0.15) is 8.78 Å². The van der Waals surface area contributed by atoms with Gasteiger partial charge in [0.2, 0.25) is 0 Å². The monoisotopic (exact) mass is 328 g/mol. The largest absolute Gasteiger partial charge is 0.497 e. The number of carbonyl (C=O) groups is 1. The Hall–Kier alpha value is -1.73. The van der Waals surface area contributed by atoms with Crippen molar-refractivity contribution in [3.63, 3.8) is 0 Å². The second-order valence-electron chi connectivity index (χ2n) is 5.74. The molecule has 2 atom stereocenters. The second-order valence-corrected chi connectivity index (χ2v) is 5.74. The fraction of sp³-hybridized carbons (Fsp3) is 0.562. The van der Waals surface area contributed by atoms with Gasteiger partial charge in [0.25, 0.3) is 5.91 Å². The first-order chi connectivity index (χ1) is 10.8. The predicted octanol–water partition coefficient (Wildman–Crippen LogP) is 1.62. The fourth-order valence-electron chi connectivity index (χ4n) is 2.44. The number of morpholine rings is 1. The maximum absolute atomic E-state index is 14.3. The zero-order chi connectivity index (χ0) is 17.0. The molecule has 0 aromatic heterocycles. The van der Waals surface area contributed by atoms with Crippen LogP contribution in [0.5, 0.6) is 5.75 Å². The first-order valence-electron chi connectivity index (χ1n) is 7.48. The second kappa shape index (κ2) is 7.23. The number of hydrogen-bond acceptors (Lipinski definition) is 4. The van der Waals surface area contributed by atoms with Crippen molar-refractivity contribution >= 4 is 5.91 Å². The van der Waals surface area contributed by atoms with Crippen LogP contribution in [0.2, 0.25) is 0 Å². The minimum Gasteiger partial charge on any atom is -0.497 e. The summed E-state index contributed by atoms with van der Waals surface area (Å²) in [4.78, 5) is 14.0. The Bertz CT molecular complexity index is 537. The molecule has 0 bridgehead atoms. The number of alkyl halides is 2. The predicted molar refractivity (Wildman–Crippen MR) is 81.7 cm³/mol. The minimum atomic E-state index is -3.61. The Morgan fingerprint density at radius 3 is 2.65 bits per heavy atom. The lowest BCUT2D eigenvalue weighted by Crippen LogP contribution is -2.53. The van der Waals surface area contributed by atoms with Gasteiger partial charge >= 0.3 is 5.92 Å². The zero-order valence-electron chi connectivity index (χ0n) is 13.5. The molecule has 0 aliphatic carbocycles. The van der Waals surface area contributed by atoms with Crippen molar-refractivity contribution in [3.8, 4) is 5.75 Å². The topological polar surface area (TPSA) is 50.8 Å². The first-order valence-corrected chi connectivity index (χ1v) is 7.48. The number of nitrogens with zero attached hydrogens (tertiary/aromatic N) is 1. The molecule has 1 heterocycles. The molecule has 0 saturated carbocycles. The van der Waals surface area contributed by atoms with Crippen LogP contribution in [0.3, 0.4) is 0 Å². The van der Waals surface area contributed by atoms with E-state index in [0.29, 0.717) is 18.9 Å². The van der Waals surface area contributed by atoms with E-state index < -0.39 is 17.9 Å². The molecule has 1 aromatic carbocycles. The summed E-state index contributed by atoms with van der Waals surface area (Å²) in [7, 11) is 3.37. The van der Waals surface area contributed by atoms with Gasteiger partial charge in [-0.1, -0.05) is 0 Å². The maximum Gasteiger partial charge on any atom is 0.349 e. The molecule has 0 unspecified atom stereocenters. The Morgan fingerprint density at radius 2 is 2.09 bits per heavy atom. The van der Waals surface area contributed by atoms with E-state index in [-0.39, 0.29) is 11.7 Å². The summed E-state index contributed by atoms with van der Waals surface area (Å²) in [6, 6.07) is 4.68. The normalized spacial score (nSPS) is 20.8. The van der Waals surface area contributed by atoms with Gasteiger partial charge in [-0.3, -0.25) is 4.79 Å². The lowest BCUT2D eigenvalue weighted by Gasteiger charge is -2.34. The molecular weight excluding hydrogens is 306 g/mol. The highest BCUT2D eigenvalue weighted by molar-refractivity contribution is 5.85. The van der Waals surface area contributed by atoms with E-state index in [4.69, 9.17) is 9.47 Å². The third kappa shape index (κ3) is 4.17. The number of ether oxygens (including phenoxy) is 2. The molecule has 5 nitrogen and oxygen atoms in total. The first kappa shape index (κ1) is 17.6. The summed E-state index contributed by atoms with van der Waals surface area (Å²) in [6.07, 6.45) is -0.302. The molecule has 128 valence electrons. The molecule has 1 saturated heterocycles. The number of amides is 1. The third-order valence-corrected chi connectivity index (χ3v) is 3.95. The number of nitrogens with one attached hydrogen (secondary N) is 1. The Labute approximate surface area is 134 Å². The maximum atomic E-state index is 14.3. The average molecular weight is 328 g/mol. The third-order valence-electron chi connectivity index (χ3n) is 3.95. The van der Waals surface area contributed by atoms with Gasteiger partial charge in [0.1, 0.15) is 5.75 Å². The van der Waals surface area contributed by atoms with Crippen LogP contribution >= 0.6 is 0 Å². The molecule has 2 rings (SSSR count). The highest BCUT2D eigenvalue weighted by Crippen LogP contribution is 2.29. The van der Waals surface area contributed by atoms with Gasteiger partial charge in [-0.15, -0.1) is 0 Å². The molecule has 7 heteroatoms. The van der Waals surface area contributed by atoms with E-state index in [1.54, 1.807) is 6.92 Å². The van der Waals surface area contributed by atoms with Crippen LogP contribution in [0, 0.1) is 0 Å². The van der Waals surface area contributed by atoms with Crippen LogP contribution in [0.25, 0.3) is 0 Å². The van der Waals surface area contributed by atoms with Crippen LogP contribution in [0.1, 0.15) is 12.5 Å². The molecule has 1 fully saturated rings. The van der Waals surface area contributed by atoms with Crippen molar-refractivity contribution in [1.82, 2.24) is 10.2 Å². The van der Waals surface area contributed by atoms with Gasteiger partial charge in [-0.25, -0.2) is 0 Å². The number of carbonyl (C=O) groups excluding carboxylic acids is 1. The van der Waals surface area contributed by atoms with E-state index in [9.17, 15) is 13.6 Å². The van der Waals surface area contributed by atoms with Crippen molar-refractivity contribution in [2.75, 3.05) is 33.9 Å². The molecule has 1 amide bonds. The van der Waals surface area contributed by atoms with Crippen LogP contribution in [-0.4, -0.2) is 56.8 Å². The summed E-state index contributed by atoms with van der Waals surface area (Å²) in [5, 5.41) is 2.37. The highest BCUT2D eigenvalue weighted by Gasteiger charge is 2.42. The highest BCUT2D eigenvalue weighted by atomic mass is 19.3. The van der Waals surface area contributed by atoms with Crippen molar-refractivity contribution in [1.29, 1.82) is 0 Å². The van der Waals surface area contributed by atoms with E-state index in [1.165, 1.54) is 31.4 Å². The molecule has 1 aliphatic rings. The number of likely N-dealkylation sites (N-methyl/N-ethyl adjacent to an activating group) is 1. The smallest absolute Gasteiger partial charge is 0.349 e. The molecule has 1 aromatic rings. The number of rotatable bonds is 5. The van der Waals surface area contributed by atoms with Crippen LogP contribution in [0.4, 0.5) is 8.78 Å². The quantitative estimate of drug-likeness (QED) is 0.892. The van der Waals surface area contributed by atoms with Gasteiger partial charge in [-0.05, 0) is 38.2 Å². The molecule has 1 N–H and O–H groups in total. The SMILES string of the molecule is COc1ccc(C(F)(F)C(=O)N[C@@H](C)[C@H]2CN(C)CCO2)cc1. The van der Waals surface area contributed by atoms with E-state index in [1.807, 2.05) is 11.9 Å². The van der Waals surface area contributed by atoms with Crippen LogP contribution in [-0.2, 0) is 15.5 Å². The van der Waals surface area contributed by atoms with E-state index in [2.05, 4.69) is 5.32 Å². The Balaban J connectivity index is 2.02.